The van der Waals surface area contributed by atoms with Crippen LogP contribution in [-0.2, 0) is 4.79 Å². The van der Waals surface area contributed by atoms with Gasteiger partial charge in [-0.15, -0.1) is 0 Å². The Morgan fingerprint density at radius 2 is 2.09 bits per heavy atom. The SMILES string of the molecule is Cc1occc1C(=O)/C(C#N)=C\c1ccccc1OCC(=O)O. The van der Waals surface area contributed by atoms with Crippen molar-refractivity contribution < 1.29 is 23.8 Å². The number of nitrogens with zero attached hydrogens (tertiary/aromatic N) is 1. The summed E-state index contributed by atoms with van der Waals surface area (Å²) in [4.78, 5) is 23.0. The number of aryl methyl sites for hydroxylation is 1. The van der Waals surface area contributed by atoms with Crippen LogP contribution in [0.1, 0.15) is 21.7 Å². The first-order valence-electron chi connectivity index (χ1n) is 6.67. The Kier molecular flexibility index (Phi) is 4.95. The number of hydrogen-bond donors (Lipinski definition) is 1. The summed E-state index contributed by atoms with van der Waals surface area (Å²) in [5.41, 5.74) is 0.655. The number of allylic oxidation sites excluding steroid dienone is 1. The predicted molar refractivity (Wildman–Crippen MR) is 80.9 cm³/mol. The van der Waals surface area contributed by atoms with Crippen LogP contribution in [0.25, 0.3) is 6.08 Å². The Morgan fingerprint density at radius 1 is 1.35 bits per heavy atom. The fourth-order valence-electron chi connectivity index (χ4n) is 1.94. The van der Waals surface area contributed by atoms with E-state index in [1.54, 1.807) is 31.2 Å². The largest absolute Gasteiger partial charge is 0.481 e. The van der Waals surface area contributed by atoms with Crippen LogP contribution in [-0.4, -0.2) is 23.5 Å². The first-order valence-corrected chi connectivity index (χ1v) is 6.67. The lowest BCUT2D eigenvalue weighted by Gasteiger charge is -2.07. The Hall–Kier alpha value is -3.33. The molecule has 1 aromatic heterocycles. The lowest BCUT2D eigenvalue weighted by atomic mass is 10.0. The van der Waals surface area contributed by atoms with Gasteiger partial charge in [-0.05, 0) is 25.1 Å². The second kappa shape index (κ2) is 7.09. The number of hydrogen-bond acceptors (Lipinski definition) is 5. The molecule has 2 rings (SSSR count). The van der Waals surface area contributed by atoms with Crippen molar-refractivity contribution in [2.24, 2.45) is 0 Å². The summed E-state index contributed by atoms with van der Waals surface area (Å²) in [7, 11) is 0. The molecule has 0 unspecified atom stereocenters. The summed E-state index contributed by atoms with van der Waals surface area (Å²) in [5, 5.41) is 17.9. The Bertz CT molecular complexity index is 810. The molecule has 23 heavy (non-hydrogen) atoms. The Morgan fingerprint density at radius 3 is 2.70 bits per heavy atom. The van der Waals surface area contributed by atoms with Crippen molar-refractivity contribution in [3.8, 4) is 11.8 Å². The van der Waals surface area contributed by atoms with E-state index >= 15 is 0 Å². The molecule has 0 aliphatic heterocycles. The number of carbonyl (C=O) groups excluding carboxylic acids is 1. The number of benzene rings is 1. The van der Waals surface area contributed by atoms with E-state index in [1.807, 2.05) is 6.07 Å². The van der Waals surface area contributed by atoms with Crippen molar-refractivity contribution in [3.63, 3.8) is 0 Å². The molecule has 2 aromatic rings. The summed E-state index contributed by atoms with van der Waals surface area (Å²) < 4.78 is 10.2. The van der Waals surface area contributed by atoms with Crippen molar-refractivity contribution in [2.45, 2.75) is 6.92 Å². The quantitative estimate of drug-likeness (QED) is 0.500. The molecule has 1 heterocycles. The minimum Gasteiger partial charge on any atom is -0.481 e. The number of ether oxygens (including phenoxy) is 1. The zero-order chi connectivity index (χ0) is 16.8. The van der Waals surface area contributed by atoms with Crippen LogP contribution >= 0.6 is 0 Å². The summed E-state index contributed by atoms with van der Waals surface area (Å²) in [6.07, 6.45) is 2.74. The average Bonchev–Trinajstić information content (AvgIpc) is 2.96. The van der Waals surface area contributed by atoms with Gasteiger partial charge >= 0.3 is 5.97 Å². The predicted octanol–water partition coefficient (Wildman–Crippen LogP) is 2.84. The van der Waals surface area contributed by atoms with Crippen LogP contribution in [0.15, 0.2) is 46.6 Å². The number of aliphatic carboxylic acids is 1. The third kappa shape index (κ3) is 3.86. The number of ketones is 1. The molecule has 0 amide bonds. The molecular formula is C17H13NO5. The van der Waals surface area contributed by atoms with E-state index in [-0.39, 0.29) is 11.3 Å². The van der Waals surface area contributed by atoms with E-state index in [9.17, 15) is 14.9 Å². The van der Waals surface area contributed by atoms with Gasteiger partial charge in [0.2, 0.25) is 5.78 Å². The lowest BCUT2D eigenvalue weighted by molar-refractivity contribution is -0.139. The number of carboxylic acid groups (broad SMARTS) is 1. The van der Waals surface area contributed by atoms with Gasteiger partial charge in [0.1, 0.15) is 23.2 Å². The molecule has 0 spiro atoms. The molecule has 0 fully saturated rings. The summed E-state index contributed by atoms with van der Waals surface area (Å²) in [6.45, 7) is 1.12. The smallest absolute Gasteiger partial charge is 0.341 e. The molecule has 0 aliphatic carbocycles. The topological polar surface area (TPSA) is 101 Å². The normalized spacial score (nSPS) is 10.9. The summed E-state index contributed by atoms with van der Waals surface area (Å²) in [6, 6.07) is 9.91. The molecule has 0 radical (unpaired) electrons. The zero-order valence-electron chi connectivity index (χ0n) is 12.3. The molecule has 1 aromatic carbocycles. The molecule has 0 bridgehead atoms. The molecule has 0 atom stereocenters. The summed E-state index contributed by atoms with van der Waals surface area (Å²) in [5.74, 6) is -0.882. The molecule has 6 heteroatoms. The van der Waals surface area contributed by atoms with Crippen molar-refractivity contribution >= 4 is 17.8 Å². The lowest BCUT2D eigenvalue weighted by Crippen LogP contribution is -2.10. The van der Waals surface area contributed by atoms with Crippen LogP contribution in [0.2, 0.25) is 0 Å². The number of para-hydroxylation sites is 1. The molecule has 1 N–H and O–H groups in total. The van der Waals surface area contributed by atoms with Crippen molar-refractivity contribution in [1.29, 1.82) is 5.26 Å². The summed E-state index contributed by atoms with van der Waals surface area (Å²) >= 11 is 0. The minimum absolute atomic E-state index is 0.0964. The maximum atomic E-state index is 12.4. The molecule has 0 saturated carbocycles. The highest BCUT2D eigenvalue weighted by Crippen LogP contribution is 2.23. The van der Waals surface area contributed by atoms with E-state index in [0.717, 1.165) is 0 Å². The maximum absolute atomic E-state index is 12.4. The highest BCUT2D eigenvalue weighted by atomic mass is 16.5. The fourth-order valence-corrected chi connectivity index (χ4v) is 1.94. The van der Waals surface area contributed by atoms with Gasteiger partial charge in [-0.1, -0.05) is 18.2 Å². The van der Waals surface area contributed by atoms with Crippen LogP contribution in [0.4, 0.5) is 0 Å². The zero-order valence-corrected chi connectivity index (χ0v) is 12.3. The van der Waals surface area contributed by atoms with Gasteiger partial charge in [-0.3, -0.25) is 4.79 Å². The van der Waals surface area contributed by atoms with Gasteiger partial charge in [0.25, 0.3) is 0 Å². The second-order valence-electron chi connectivity index (χ2n) is 4.61. The highest BCUT2D eigenvalue weighted by molar-refractivity contribution is 6.14. The van der Waals surface area contributed by atoms with Gasteiger partial charge in [-0.2, -0.15) is 5.26 Å². The molecule has 116 valence electrons. The van der Waals surface area contributed by atoms with Gasteiger partial charge in [0.05, 0.1) is 11.8 Å². The third-order valence-electron chi connectivity index (χ3n) is 3.04. The number of carboxylic acids is 1. The molecular weight excluding hydrogens is 298 g/mol. The van der Waals surface area contributed by atoms with Crippen molar-refractivity contribution in [1.82, 2.24) is 0 Å². The number of nitriles is 1. The average molecular weight is 311 g/mol. The molecule has 0 saturated heterocycles. The molecule has 6 nitrogen and oxygen atoms in total. The van der Waals surface area contributed by atoms with E-state index in [1.165, 1.54) is 18.4 Å². The highest BCUT2D eigenvalue weighted by Gasteiger charge is 2.17. The molecule has 0 aliphatic rings. The van der Waals surface area contributed by atoms with Crippen LogP contribution < -0.4 is 4.74 Å². The van der Waals surface area contributed by atoms with Gasteiger partial charge in [0, 0.05) is 5.56 Å². The van der Waals surface area contributed by atoms with E-state index < -0.39 is 18.4 Å². The second-order valence-corrected chi connectivity index (χ2v) is 4.61. The number of carbonyl (C=O) groups is 2. The van der Waals surface area contributed by atoms with Crippen molar-refractivity contribution in [2.75, 3.05) is 6.61 Å². The van der Waals surface area contributed by atoms with Gasteiger partial charge < -0.3 is 14.3 Å². The standard InChI is InChI=1S/C17H13NO5/c1-11-14(6-7-22-11)17(21)13(9-18)8-12-4-2-3-5-15(12)23-10-16(19)20/h2-8H,10H2,1H3,(H,19,20)/b13-8-. The van der Waals surface area contributed by atoms with Crippen LogP contribution in [0, 0.1) is 18.3 Å². The Labute approximate surface area is 132 Å². The number of furan rings is 1. The minimum atomic E-state index is -1.12. The van der Waals surface area contributed by atoms with Crippen LogP contribution in [0.5, 0.6) is 5.75 Å². The van der Waals surface area contributed by atoms with Crippen molar-refractivity contribution in [3.05, 3.63) is 59.1 Å². The van der Waals surface area contributed by atoms with Crippen LogP contribution in [0.3, 0.4) is 0 Å². The van der Waals surface area contributed by atoms with Gasteiger partial charge in [-0.25, -0.2) is 4.79 Å². The first kappa shape index (κ1) is 16.0. The third-order valence-corrected chi connectivity index (χ3v) is 3.04. The maximum Gasteiger partial charge on any atom is 0.341 e. The first-order chi connectivity index (χ1) is 11.0. The van der Waals surface area contributed by atoms with Gasteiger partial charge in [0.15, 0.2) is 6.61 Å². The Balaban J connectivity index is 2.35. The van der Waals surface area contributed by atoms with E-state index in [2.05, 4.69) is 0 Å². The monoisotopic (exact) mass is 311 g/mol. The van der Waals surface area contributed by atoms with E-state index in [4.69, 9.17) is 14.3 Å². The number of rotatable bonds is 6. The van der Waals surface area contributed by atoms with E-state index in [0.29, 0.717) is 16.9 Å². The number of Topliss-reactive ketones (excluding diaryl/α,β-unsaturated/α-hetero) is 1. The fraction of sp³-hybridized carbons (Fsp3) is 0.118.